The van der Waals surface area contributed by atoms with Crippen molar-refractivity contribution in [1.29, 1.82) is 0 Å². The van der Waals surface area contributed by atoms with Gasteiger partial charge in [0.05, 0.1) is 0 Å². The molecule has 3 aromatic rings. The van der Waals surface area contributed by atoms with Gasteiger partial charge < -0.3 is 5.32 Å². The third-order valence-electron chi connectivity index (χ3n) is 3.92. The van der Waals surface area contributed by atoms with E-state index in [-0.39, 0.29) is 40.4 Å². The van der Waals surface area contributed by atoms with Gasteiger partial charge in [-0.1, -0.05) is 65.2 Å². The Kier molecular flexibility index (Phi) is 6.87. The van der Waals surface area contributed by atoms with Crippen LogP contribution in [0.5, 0.6) is 0 Å². The van der Waals surface area contributed by atoms with Crippen LogP contribution in [0, 0.1) is 67.2 Å². The molecule has 1 nitrogen and oxygen atoms in total. The first-order chi connectivity index (χ1) is 11.1. The summed E-state index contributed by atoms with van der Waals surface area (Å²) in [6, 6.07) is 26.4. The van der Waals surface area contributed by atoms with E-state index in [0.717, 1.165) is 22.9 Å². The maximum Gasteiger partial charge on any atom is 0 e. The van der Waals surface area contributed by atoms with Crippen molar-refractivity contribution in [3.8, 4) is 0 Å². The van der Waals surface area contributed by atoms with Gasteiger partial charge in [0.15, 0.2) is 0 Å². The van der Waals surface area contributed by atoms with Crippen molar-refractivity contribution in [2.75, 3.05) is 0 Å². The minimum absolute atomic E-state index is 0. The fraction of sp³-hybridized carbons (Fsp3) is 0.136. The van der Waals surface area contributed by atoms with Crippen molar-refractivity contribution in [2.24, 2.45) is 0 Å². The standard InChI is InChI=1S/C22H21N.Sm/c1-16-4-10-19(11-5-16)22(20-12-6-17(2)7-13-20)23-21-14-8-18(3)9-15-21;/h4-15H,1-3H3;/q-2;. The summed E-state index contributed by atoms with van der Waals surface area (Å²) in [4.78, 5) is 0. The minimum atomic E-state index is 0. The topological polar surface area (TPSA) is 14.1 Å². The number of hydrogen-bond donors (Lipinski definition) is 0. The first-order valence-corrected chi connectivity index (χ1v) is 7.91. The summed E-state index contributed by atoms with van der Waals surface area (Å²) < 4.78 is 0. The van der Waals surface area contributed by atoms with Crippen LogP contribution in [0.15, 0.2) is 72.8 Å². The Morgan fingerprint density at radius 3 is 1.25 bits per heavy atom. The summed E-state index contributed by atoms with van der Waals surface area (Å²) >= 11 is 0. The first-order valence-electron chi connectivity index (χ1n) is 7.91. The van der Waals surface area contributed by atoms with Crippen LogP contribution in [0.1, 0.15) is 27.8 Å². The Labute approximate surface area is 177 Å². The molecule has 0 unspecified atom stereocenters. The van der Waals surface area contributed by atoms with Crippen LogP contribution in [0.4, 0.5) is 5.69 Å². The van der Waals surface area contributed by atoms with Gasteiger partial charge in [0.1, 0.15) is 0 Å². The number of nitrogens with zero attached hydrogens (tertiary/aromatic N) is 1. The fourth-order valence-electron chi connectivity index (χ4n) is 2.47. The van der Waals surface area contributed by atoms with E-state index in [0.29, 0.717) is 0 Å². The van der Waals surface area contributed by atoms with Crippen LogP contribution in [0.25, 0.3) is 5.32 Å². The molecule has 0 radical (unpaired) electrons. The van der Waals surface area contributed by atoms with Crippen LogP contribution in [-0.4, -0.2) is 0 Å². The Balaban J connectivity index is 0.00000208. The van der Waals surface area contributed by atoms with Gasteiger partial charge in [0.25, 0.3) is 0 Å². The molecule has 24 heavy (non-hydrogen) atoms. The first kappa shape index (κ1) is 19.0. The van der Waals surface area contributed by atoms with E-state index in [1.807, 2.05) is 0 Å². The summed E-state index contributed by atoms with van der Waals surface area (Å²) in [5.41, 5.74) is 7.02. The van der Waals surface area contributed by atoms with E-state index in [9.17, 15) is 0 Å². The van der Waals surface area contributed by atoms with Crippen LogP contribution >= 0.6 is 0 Å². The Morgan fingerprint density at radius 2 is 0.875 bits per heavy atom. The number of hydrogen-bond acceptors (Lipinski definition) is 0. The molecule has 122 valence electrons. The second-order valence-electron chi connectivity index (χ2n) is 6.03. The summed E-state index contributed by atoms with van der Waals surface area (Å²) in [7, 11) is 0. The van der Waals surface area contributed by atoms with Crippen LogP contribution in [-0.2, 0) is 0 Å². The van der Waals surface area contributed by atoms with Gasteiger partial charge in [0.2, 0.25) is 0 Å². The molecule has 0 saturated heterocycles. The zero-order valence-electron chi connectivity index (χ0n) is 14.3. The molecule has 0 bridgehead atoms. The van der Waals surface area contributed by atoms with Gasteiger partial charge in [-0.2, -0.15) is 0 Å². The predicted molar refractivity (Wildman–Crippen MR) is 98.0 cm³/mol. The van der Waals surface area contributed by atoms with Crippen LogP contribution in [0.2, 0.25) is 0 Å². The van der Waals surface area contributed by atoms with E-state index in [1.54, 1.807) is 0 Å². The number of rotatable bonds is 4. The average Bonchev–Trinajstić information content (AvgIpc) is 2.56. The molecule has 3 rings (SSSR count). The molecule has 0 heterocycles. The maximum absolute atomic E-state index is 4.92. The fourth-order valence-corrected chi connectivity index (χ4v) is 2.47. The average molecular weight is 450 g/mol. The maximum atomic E-state index is 4.92. The Morgan fingerprint density at radius 1 is 0.542 bits per heavy atom. The second-order valence-corrected chi connectivity index (χ2v) is 6.03. The Hall–Kier alpha value is -1.33. The molecule has 0 fully saturated rings. The summed E-state index contributed by atoms with van der Waals surface area (Å²) in [5, 5.41) is 4.92. The molecule has 0 aliphatic heterocycles. The summed E-state index contributed by atoms with van der Waals surface area (Å²) in [6.07, 6.45) is 0. The molecule has 0 amide bonds. The van der Waals surface area contributed by atoms with Crippen molar-refractivity contribution in [1.82, 2.24) is 0 Å². The van der Waals surface area contributed by atoms with E-state index in [4.69, 9.17) is 5.32 Å². The SMILES string of the molecule is Cc1ccc([N-][C-](c2ccc(C)cc2)c2ccc(C)cc2)cc1.[Sm]. The zero-order valence-corrected chi connectivity index (χ0v) is 16.9. The van der Waals surface area contributed by atoms with Gasteiger partial charge in [-0.15, -0.1) is 41.1 Å². The largest absolute Gasteiger partial charge is 0.693 e. The Bertz CT molecular complexity index is 713. The van der Waals surface area contributed by atoms with Crippen molar-refractivity contribution in [3.05, 3.63) is 112 Å². The molecule has 2 heteroatoms. The van der Waals surface area contributed by atoms with E-state index >= 15 is 0 Å². The third kappa shape index (κ3) is 4.83. The summed E-state index contributed by atoms with van der Waals surface area (Å²) in [6.45, 7) is 6.30. The van der Waals surface area contributed by atoms with E-state index in [2.05, 4.69) is 93.6 Å². The van der Waals surface area contributed by atoms with Crippen molar-refractivity contribution >= 4 is 5.69 Å². The third-order valence-corrected chi connectivity index (χ3v) is 3.92. The number of aryl methyl sites for hydroxylation is 3. The zero-order chi connectivity index (χ0) is 16.2. The van der Waals surface area contributed by atoms with Gasteiger partial charge in [-0.05, 0) is 20.8 Å². The van der Waals surface area contributed by atoms with Gasteiger partial charge in [-0.25, -0.2) is 6.04 Å². The molecule has 0 spiro atoms. The van der Waals surface area contributed by atoms with Crippen molar-refractivity contribution < 1.29 is 40.4 Å². The van der Waals surface area contributed by atoms with Crippen molar-refractivity contribution in [3.63, 3.8) is 0 Å². The molecule has 3 aromatic carbocycles. The van der Waals surface area contributed by atoms with Crippen molar-refractivity contribution in [2.45, 2.75) is 20.8 Å². The second kappa shape index (κ2) is 8.67. The molecule has 0 aliphatic rings. The molecule has 0 atom stereocenters. The minimum Gasteiger partial charge on any atom is -0.693 e. The van der Waals surface area contributed by atoms with Gasteiger partial charge >= 0.3 is 0 Å². The normalized spacial score (nSPS) is 9.96. The predicted octanol–water partition coefficient (Wildman–Crippen LogP) is 6.25. The van der Waals surface area contributed by atoms with E-state index < -0.39 is 0 Å². The van der Waals surface area contributed by atoms with E-state index in [1.165, 1.54) is 16.7 Å². The van der Waals surface area contributed by atoms with Gasteiger partial charge in [0, 0.05) is 40.4 Å². The van der Waals surface area contributed by atoms with Crippen LogP contribution < -0.4 is 0 Å². The molecule has 0 saturated carbocycles. The molecular weight excluding hydrogens is 429 g/mol. The summed E-state index contributed by atoms with van der Waals surface area (Å²) in [5.74, 6) is 0. The van der Waals surface area contributed by atoms with Crippen LogP contribution in [0.3, 0.4) is 0 Å². The molecule has 0 aromatic heterocycles. The smallest absolute Gasteiger partial charge is 0 e. The molecular formula is C22H21NSm-2. The van der Waals surface area contributed by atoms with Gasteiger partial charge in [-0.3, -0.25) is 0 Å². The monoisotopic (exact) mass is 451 g/mol. The molecule has 0 aliphatic carbocycles. The number of benzene rings is 3. The quantitative estimate of drug-likeness (QED) is 0.418. The molecule has 0 N–H and O–H groups in total.